The van der Waals surface area contributed by atoms with Gasteiger partial charge in [-0.05, 0) is 59.5 Å². The van der Waals surface area contributed by atoms with Crippen molar-refractivity contribution in [2.75, 3.05) is 50.6 Å². The lowest BCUT2D eigenvalue weighted by atomic mass is 9.87. The highest BCUT2D eigenvalue weighted by molar-refractivity contribution is 5.98. The van der Waals surface area contributed by atoms with Crippen molar-refractivity contribution < 1.29 is 13.9 Å². The summed E-state index contributed by atoms with van der Waals surface area (Å²) in [4.78, 5) is 22.7. The summed E-state index contributed by atoms with van der Waals surface area (Å²) < 4.78 is 11.9. The molecule has 1 aliphatic heterocycles. The summed E-state index contributed by atoms with van der Waals surface area (Å²) in [6.07, 6.45) is 0. The number of nitrogens with zero attached hydrogens (tertiary/aromatic N) is 3. The number of carbonyl (C=O) groups excluding carboxylic acids is 1. The molecule has 1 saturated heterocycles. The van der Waals surface area contributed by atoms with E-state index in [4.69, 9.17) is 14.1 Å². The number of oxazole rings is 1. The van der Waals surface area contributed by atoms with Gasteiger partial charge in [-0.25, -0.2) is 4.98 Å². The van der Waals surface area contributed by atoms with E-state index in [1.807, 2.05) is 66.5 Å². The van der Waals surface area contributed by atoms with Crippen LogP contribution in [0.2, 0.25) is 0 Å². The Kier molecular flexibility index (Phi) is 7.33. The minimum Gasteiger partial charge on any atom is -0.495 e. The molecule has 1 fully saturated rings. The van der Waals surface area contributed by atoms with Gasteiger partial charge in [-0.15, -0.1) is 0 Å². The molecule has 1 amide bonds. The van der Waals surface area contributed by atoms with Crippen LogP contribution in [0.15, 0.2) is 77.2 Å². The van der Waals surface area contributed by atoms with E-state index in [0.29, 0.717) is 43.5 Å². The van der Waals surface area contributed by atoms with E-state index in [0.717, 1.165) is 28.3 Å². The number of hydrogen-bond acceptors (Lipinski definition) is 6. The van der Waals surface area contributed by atoms with Crippen LogP contribution in [0.4, 0.5) is 11.4 Å². The fourth-order valence-electron chi connectivity index (χ4n) is 4.88. The molecule has 1 N–H and O–H groups in total. The third-order valence-electron chi connectivity index (χ3n) is 7.26. The summed E-state index contributed by atoms with van der Waals surface area (Å²) in [5.41, 5.74) is 5.29. The highest BCUT2D eigenvalue weighted by Gasteiger charge is 2.29. The molecule has 2 heterocycles. The predicted octanol–water partition coefficient (Wildman–Crippen LogP) is 6.32. The number of aromatic nitrogens is 1. The number of hydrogen-bond donors (Lipinski definition) is 1. The molecule has 0 radical (unpaired) electrons. The number of amides is 1. The van der Waals surface area contributed by atoms with Gasteiger partial charge in [0.15, 0.2) is 11.5 Å². The minimum atomic E-state index is -0.122. The lowest BCUT2D eigenvalue weighted by molar-refractivity contribution is 0.0742. The molecular weight excluding hydrogens is 488 g/mol. The van der Waals surface area contributed by atoms with Crippen LogP contribution in [0.25, 0.3) is 22.8 Å². The van der Waals surface area contributed by atoms with Crippen molar-refractivity contribution in [3.05, 3.63) is 84.1 Å². The SMILES string of the molecule is CNc1ccc(-c2oc(-c3ccc(C(C)(C)C)cc3)nc2C(=O)N2CCN(c3ccccc3OC)CC2)cc1. The van der Waals surface area contributed by atoms with Crippen LogP contribution in [0.1, 0.15) is 36.8 Å². The van der Waals surface area contributed by atoms with E-state index in [1.165, 1.54) is 5.56 Å². The fourth-order valence-corrected chi connectivity index (χ4v) is 4.88. The Balaban J connectivity index is 1.44. The van der Waals surface area contributed by atoms with Gasteiger partial charge in [0, 0.05) is 50.0 Å². The van der Waals surface area contributed by atoms with Gasteiger partial charge in [-0.3, -0.25) is 4.79 Å². The Bertz CT molecular complexity index is 1430. The number of benzene rings is 3. The molecule has 0 atom stereocenters. The van der Waals surface area contributed by atoms with Crippen molar-refractivity contribution in [2.24, 2.45) is 0 Å². The molecule has 0 spiro atoms. The quantitative estimate of drug-likeness (QED) is 0.318. The van der Waals surface area contributed by atoms with Crippen LogP contribution < -0.4 is 15.0 Å². The first-order valence-electron chi connectivity index (χ1n) is 13.4. The first kappa shape index (κ1) is 26.4. The zero-order chi connectivity index (χ0) is 27.6. The van der Waals surface area contributed by atoms with Gasteiger partial charge in [0.25, 0.3) is 5.91 Å². The first-order valence-corrected chi connectivity index (χ1v) is 13.4. The molecule has 1 aliphatic rings. The average Bonchev–Trinajstić information content (AvgIpc) is 3.42. The Labute approximate surface area is 230 Å². The maximum atomic E-state index is 13.9. The van der Waals surface area contributed by atoms with Crippen molar-refractivity contribution >= 4 is 17.3 Å². The summed E-state index contributed by atoms with van der Waals surface area (Å²) in [7, 11) is 3.56. The van der Waals surface area contributed by atoms with Gasteiger partial charge in [0.05, 0.1) is 12.8 Å². The molecule has 0 saturated carbocycles. The van der Waals surface area contributed by atoms with E-state index in [9.17, 15) is 4.79 Å². The maximum Gasteiger partial charge on any atom is 0.276 e. The van der Waals surface area contributed by atoms with Crippen LogP contribution >= 0.6 is 0 Å². The third kappa shape index (κ3) is 5.48. The van der Waals surface area contributed by atoms with E-state index in [1.54, 1.807) is 7.11 Å². The van der Waals surface area contributed by atoms with Crippen molar-refractivity contribution in [2.45, 2.75) is 26.2 Å². The van der Waals surface area contributed by atoms with E-state index in [2.05, 4.69) is 49.2 Å². The number of piperazine rings is 1. The van der Waals surface area contributed by atoms with Crippen LogP contribution in [0.5, 0.6) is 5.75 Å². The first-order chi connectivity index (χ1) is 18.8. The number of methoxy groups -OCH3 is 1. The number of para-hydroxylation sites is 2. The molecule has 1 aromatic heterocycles. The minimum absolute atomic E-state index is 0.0440. The van der Waals surface area contributed by atoms with Crippen LogP contribution in [0, 0.1) is 0 Å². The second kappa shape index (κ2) is 10.8. The number of rotatable bonds is 6. The van der Waals surface area contributed by atoms with Gasteiger partial charge in [-0.2, -0.15) is 0 Å². The molecule has 0 unspecified atom stereocenters. The second-order valence-corrected chi connectivity index (χ2v) is 10.8. The molecule has 39 heavy (non-hydrogen) atoms. The standard InChI is InChI=1S/C32H36N4O3/c1-32(2,3)24-14-10-23(11-15-24)30-34-28(29(39-30)22-12-16-25(33-4)17-13-22)31(37)36-20-18-35(19-21-36)26-8-6-7-9-27(26)38-5/h6-17,33H,18-21H2,1-5H3. The van der Waals surface area contributed by atoms with Gasteiger partial charge in [0.1, 0.15) is 5.75 Å². The lowest BCUT2D eigenvalue weighted by Gasteiger charge is -2.36. The van der Waals surface area contributed by atoms with E-state index >= 15 is 0 Å². The van der Waals surface area contributed by atoms with Gasteiger partial charge in [0.2, 0.25) is 5.89 Å². The molecule has 0 aliphatic carbocycles. The highest BCUT2D eigenvalue weighted by Crippen LogP contribution is 2.34. The molecule has 7 nitrogen and oxygen atoms in total. The predicted molar refractivity (Wildman–Crippen MR) is 157 cm³/mol. The van der Waals surface area contributed by atoms with Crippen LogP contribution in [-0.4, -0.2) is 56.1 Å². The molecule has 3 aromatic carbocycles. The Hall–Kier alpha value is -4.26. The van der Waals surface area contributed by atoms with Crippen molar-refractivity contribution in [1.29, 1.82) is 0 Å². The summed E-state index contributed by atoms with van der Waals surface area (Å²) in [6.45, 7) is 9.13. The zero-order valence-electron chi connectivity index (χ0n) is 23.3. The van der Waals surface area contributed by atoms with Gasteiger partial charge in [-0.1, -0.05) is 45.0 Å². The number of anilines is 2. The second-order valence-electron chi connectivity index (χ2n) is 10.8. The van der Waals surface area contributed by atoms with E-state index < -0.39 is 0 Å². The fraction of sp³-hybridized carbons (Fsp3) is 0.312. The number of ether oxygens (including phenoxy) is 1. The molecular formula is C32H36N4O3. The topological polar surface area (TPSA) is 70.8 Å². The van der Waals surface area contributed by atoms with Gasteiger partial charge < -0.3 is 24.3 Å². The normalized spacial score (nSPS) is 13.9. The maximum absolute atomic E-state index is 13.9. The van der Waals surface area contributed by atoms with Crippen LogP contribution in [0.3, 0.4) is 0 Å². The highest BCUT2D eigenvalue weighted by atomic mass is 16.5. The van der Waals surface area contributed by atoms with Crippen molar-refractivity contribution in [3.63, 3.8) is 0 Å². The molecule has 7 heteroatoms. The van der Waals surface area contributed by atoms with Crippen molar-refractivity contribution in [1.82, 2.24) is 9.88 Å². The zero-order valence-corrected chi connectivity index (χ0v) is 23.3. The monoisotopic (exact) mass is 524 g/mol. The summed E-state index contributed by atoms with van der Waals surface area (Å²) in [5.74, 6) is 1.65. The Morgan fingerprint density at radius 3 is 2.15 bits per heavy atom. The third-order valence-corrected chi connectivity index (χ3v) is 7.26. The molecule has 0 bridgehead atoms. The summed E-state index contributed by atoms with van der Waals surface area (Å²) >= 11 is 0. The molecule has 4 aromatic rings. The van der Waals surface area contributed by atoms with Gasteiger partial charge >= 0.3 is 0 Å². The smallest absolute Gasteiger partial charge is 0.276 e. The Morgan fingerprint density at radius 1 is 0.897 bits per heavy atom. The largest absolute Gasteiger partial charge is 0.495 e. The summed E-state index contributed by atoms with van der Waals surface area (Å²) in [6, 6.07) is 24.1. The molecule has 202 valence electrons. The number of nitrogens with one attached hydrogen (secondary N) is 1. The van der Waals surface area contributed by atoms with E-state index in [-0.39, 0.29) is 11.3 Å². The van der Waals surface area contributed by atoms with Crippen LogP contribution in [-0.2, 0) is 5.41 Å². The summed E-state index contributed by atoms with van der Waals surface area (Å²) in [5, 5.41) is 3.13. The molecule has 5 rings (SSSR count). The lowest BCUT2D eigenvalue weighted by Crippen LogP contribution is -2.49. The average molecular weight is 525 g/mol. The number of carbonyl (C=O) groups is 1. The van der Waals surface area contributed by atoms with Crippen molar-refractivity contribution in [3.8, 4) is 28.5 Å². The Morgan fingerprint density at radius 2 is 1.54 bits per heavy atom.